The highest BCUT2D eigenvalue weighted by Gasteiger charge is 2.44. The van der Waals surface area contributed by atoms with E-state index in [-0.39, 0.29) is 39.2 Å². The number of anilines is 3. The zero-order chi connectivity index (χ0) is 58.4. The van der Waals surface area contributed by atoms with Crippen molar-refractivity contribution < 1.29 is 4.74 Å². The molecule has 82 heavy (non-hydrogen) atoms. The summed E-state index contributed by atoms with van der Waals surface area (Å²) >= 11 is 0. The average molecular weight is 1080 g/mol. The van der Waals surface area contributed by atoms with Crippen molar-refractivity contribution in [3.05, 3.63) is 197 Å². The van der Waals surface area contributed by atoms with E-state index < -0.39 is 0 Å². The van der Waals surface area contributed by atoms with Gasteiger partial charge >= 0.3 is 0 Å². The Morgan fingerprint density at radius 2 is 0.878 bits per heavy atom. The van der Waals surface area contributed by atoms with Crippen LogP contribution in [0.3, 0.4) is 0 Å². The Balaban J connectivity index is 1.22. The SMILES string of the molecule is CC(C)(C)c1ccc(-c2ccc3c(c2)B2c4ccc(-n5c6ccc(C(C)(C)C)cc6c6cc(C(C)(C)C)ccc65)cc4N(c4c(-c5cccc(C(C)(C)C)n5)cccc4-c4cccc(C(C)(C)C)n4)c4cc(C(C)(C)C)cc(c42)O3)cc1. The van der Waals surface area contributed by atoms with Gasteiger partial charge in [-0.1, -0.05) is 210 Å². The number of pyridine rings is 2. The number of ether oxygens (including phenoxy) is 1. The lowest BCUT2D eigenvalue weighted by Crippen LogP contribution is -2.59. The quantitative estimate of drug-likeness (QED) is 0.161. The van der Waals surface area contributed by atoms with Crippen molar-refractivity contribution in [1.29, 1.82) is 0 Å². The average Bonchev–Trinajstić information content (AvgIpc) is 3.41. The summed E-state index contributed by atoms with van der Waals surface area (Å²) in [6.07, 6.45) is 0. The molecule has 2 aliphatic rings. The summed E-state index contributed by atoms with van der Waals surface area (Å²) in [7, 11) is 0. The lowest BCUT2D eigenvalue weighted by atomic mass is 9.34. The van der Waals surface area contributed by atoms with Crippen LogP contribution in [0.25, 0.3) is 61.1 Å². The van der Waals surface area contributed by atoms with E-state index in [1.165, 1.54) is 55.1 Å². The second-order valence-corrected chi connectivity index (χ2v) is 29.7. The molecule has 0 aliphatic carbocycles. The van der Waals surface area contributed by atoms with Gasteiger partial charge in [-0.05, 0) is 150 Å². The van der Waals surface area contributed by atoms with E-state index in [0.717, 1.165) is 84.6 Å². The molecular formula is C76H81BN4O. The van der Waals surface area contributed by atoms with Crippen LogP contribution in [-0.2, 0) is 32.5 Å². The van der Waals surface area contributed by atoms with Crippen LogP contribution >= 0.6 is 0 Å². The highest BCUT2D eigenvalue weighted by molar-refractivity contribution is 6.99. The van der Waals surface area contributed by atoms with Gasteiger partial charge in [-0.25, -0.2) is 0 Å². The molecule has 0 radical (unpaired) electrons. The van der Waals surface area contributed by atoms with E-state index in [9.17, 15) is 0 Å². The smallest absolute Gasteiger partial charge is 0.256 e. The molecule has 5 nitrogen and oxygen atoms in total. The van der Waals surface area contributed by atoms with Gasteiger partial charge in [0.05, 0.1) is 28.1 Å². The third kappa shape index (κ3) is 9.54. The van der Waals surface area contributed by atoms with Gasteiger partial charge in [-0.3, -0.25) is 9.97 Å². The van der Waals surface area contributed by atoms with E-state index in [0.29, 0.717) is 0 Å². The molecular weight excluding hydrogens is 996 g/mol. The molecule has 414 valence electrons. The Kier molecular flexibility index (Phi) is 12.7. The summed E-state index contributed by atoms with van der Waals surface area (Å²) in [6.45, 7) is 41.0. The molecule has 0 spiro atoms. The fourth-order valence-electron chi connectivity index (χ4n) is 12.3. The predicted molar refractivity (Wildman–Crippen MR) is 351 cm³/mol. The summed E-state index contributed by atoms with van der Waals surface area (Å²) in [4.78, 5) is 13.7. The summed E-state index contributed by atoms with van der Waals surface area (Å²) in [5.41, 5.74) is 23.0. The van der Waals surface area contributed by atoms with Crippen LogP contribution in [-0.4, -0.2) is 21.2 Å². The Hall–Kier alpha value is -7.70. The third-order valence-corrected chi connectivity index (χ3v) is 17.3. The van der Waals surface area contributed by atoms with Gasteiger partial charge in [-0.15, -0.1) is 0 Å². The van der Waals surface area contributed by atoms with Crippen LogP contribution in [0.15, 0.2) is 164 Å². The fourth-order valence-corrected chi connectivity index (χ4v) is 12.3. The minimum Gasteiger partial charge on any atom is -0.458 e. The predicted octanol–water partition coefficient (Wildman–Crippen LogP) is 18.8. The van der Waals surface area contributed by atoms with Gasteiger partial charge in [-0.2, -0.15) is 0 Å². The van der Waals surface area contributed by atoms with Gasteiger partial charge in [0.15, 0.2) is 0 Å². The zero-order valence-electron chi connectivity index (χ0n) is 51.9. The number of nitrogens with zero attached hydrogens (tertiary/aromatic N) is 4. The first-order valence-electron chi connectivity index (χ1n) is 29.7. The summed E-state index contributed by atoms with van der Waals surface area (Å²) in [5.74, 6) is 1.76. The van der Waals surface area contributed by atoms with Crippen LogP contribution in [0, 0.1) is 0 Å². The fraction of sp³-hybridized carbons (Fsp3) is 0.316. The molecule has 12 rings (SSSR count). The van der Waals surface area contributed by atoms with Gasteiger partial charge in [0.2, 0.25) is 0 Å². The number of rotatable bonds is 5. The van der Waals surface area contributed by atoms with Crippen LogP contribution in [0.1, 0.15) is 158 Å². The zero-order valence-corrected chi connectivity index (χ0v) is 51.9. The molecule has 5 heterocycles. The van der Waals surface area contributed by atoms with Crippen molar-refractivity contribution in [3.8, 4) is 50.8 Å². The van der Waals surface area contributed by atoms with Crippen molar-refractivity contribution in [2.45, 2.75) is 157 Å². The van der Waals surface area contributed by atoms with E-state index in [1.807, 2.05) is 0 Å². The summed E-state index contributed by atoms with van der Waals surface area (Å²) in [5, 5.41) is 2.52. The highest BCUT2D eigenvalue weighted by atomic mass is 16.5. The molecule has 0 unspecified atom stereocenters. The van der Waals surface area contributed by atoms with Crippen molar-refractivity contribution in [2.75, 3.05) is 4.90 Å². The minimum absolute atomic E-state index is 0.0297. The van der Waals surface area contributed by atoms with Gasteiger partial charge in [0, 0.05) is 61.2 Å². The van der Waals surface area contributed by atoms with Crippen molar-refractivity contribution >= 4 is 62.0 Å². The molecule has 0 N–H and O–H groups in total. The Bertz CT molecular complexity index is 4040. The maximum absolute atomic E-state index is 7.34. The summed E-state index contributed by atoms with van der Waals surface area (Å²) < 4.78 is 9.86. The van der Waals surface area contributed by atoms with Gasteiger partial charge in [0.1, 0.15) is 11.5 Å². The summed E-state index contributed by atoms with van der Waals surface area (Å²) in [6, 6.07) is 62.2. The largest absolute Gasteiger partial charge is 0.458 e. The molecule has 0 fully saturated rings. The first kappa shape index (κ1) is 54.9. The van der Waals surface area contributed by atoms with E-state index in [2.05, 4.69) is 298 Å². The second-order valence-electron chi connectivity index (χ2n) is 29.7. The van der Waals surface area contributed by atoms with Crippen molar-refractivity contribution in [2.24, 2.45) is 0 Å². The Labute approximate surface area is 488 Å². The standard InChI is InChI=1S/C76H81BN4O/c1-71(2,3)48-31-28-46(29-32-48)47-30-39-65-58(40-47)77-57-36-35-52(80-61-37-33-49(72(4,5)6)41-55(61)56-42-50(73(7,8)9)34-38-62(56)80)45-63(57)81(64-43-51(74(10,11)12)44-66(82-65)69(64)77)70-53(59-24-20-26-67(78-59)75(13,14)15)22-19-23-54(70)60-25-21-27-68(79-60)76(16,17)18/h19-45H,1-18H3. The van der Waals surface area contributed by atoms with Gasteiger partial charge < -0.3 is 14.2 Å². The number of hydrogen-bond donors (Lipinski definition) is 0. The molecule has 0 atom stereocenters. The highest BCUT2D eigenvalue weighted by Crippen LogP contribution is 2.51. The van der Waals surface area contributed by atoms with E-state index in [1.54, 1.807) is 0 Å². The lowest BCUT2D eigenvalue weighted by Gasteiger charge is -2.42. The third-order valence-electron chi connectivity index (χ3n) is 17.3. The molecule has 0 saturated carbocycles. The molecule has 10 aromatic rings. The van der Waals surface area contributed by atoms with Crippen molar-refractivity contribution in [3.63, 3.8) is 0 Å². The number of benzene rings is 7. The molecule has 7 aromatic carbocycles. The van der Waals surface area contributed by atoms with Crippen molar-refractivity contribution in [1.82, 2.24) is 14.5 Å². The topological polar surface area (TPSA) is 43.2 Å². The van der Waals surface area contributed by atoms with Crippen LogP contribution in [0.2, 0.25) is 0 Å². The molecule has 2 aliphatic heterocycles. The maximum Gasteiger partial charge on any atom is 0.256 e. The number of aromatic nitrogens is 3. The van der Waals surface area contributed by atoms with Crippen LogP contribution < -0.4 is 26.0 Å². The lowest BCUT2D eigenvalue weighted by molar-refractivity contribution is 0.483. The van der Waals surface area contributed by atoms with E-state index >= 15 is 0 Å². The molecule has 0 saturated heterocycles. The molecule has 0 amide bonds. The van der Waals surface area contributed by atoms with Gasteiger partial charge in [0.25, 0.3) is 6.71 Å². The normalized spacial score (nSPS) is 13.8. The number of fused-ring (bicyclic) bond motifs is 7. The molecule has 0 bridgehead atoms. The minimum atomic E-state index is -0.226. The Morgan fingerprint density at radius 3 is 1.39 bits per heavy atom. The molecule has 3 aromatic heterocycles. The number of para-hydroxylation sites is 1. The first-order valence-corrected chi connectivity index (χ1v) is 29.7. The Morgan fingerprint density at radius 1 is 0.378 bits per heavy atom. The number of hydrogen-bond acceptors (Lipinski definition) is 4. The van der Waals surface area contributed by atoms with E-state index in [4.69, 9.17) is 14.7 Å². The van der Waals surface area contributed by atoms with Crippen LogP contribution in [0.5, 0.6) is 11.5 Å². The van der Waals surface area contributed by atoms with Crippen LogP contribution in [0.4, 0.5) is 17.1 Å². The first-order chi connectivity index (χ1) is 38.4. The second kappa shape index (κ2) is 18.9. The molecule has 6 heteroatoms. The maximum atomic E-state index is 7.34. The monoisotopic (exact) mass is 1080 g/mol.